The molecule has 0 radical (unpaired) electrons. The van der Waals surface area contributed by atoms with E-state index in [1.165, 1.54) is 5.56 Å². The minimum absolute atomic E-state index is 0.0484. The largest absolute Gasteiger partial charge is 0.484 e. The van der Waals surface area contributed by atoms with Crippen molar-refractivity contribution < 1.29 is 9.53 Å². The lowest BCUT2D eigenvalue weighted by Crippen LogP contribution is -2.35. The second kappa shape index (κ2) is 8.06. The van der Waals surface area contributed by atoms with Gasteiger partial charge in [-0.25, -0.2) is 0 Å². The van der Waals surface area contributed by atoms with Crippen LogP contribution in [0.15, 0.2) is 54.6 Å². The summed E-state index contributed by atoms with van der Waals surface area (Å²) in [5.74, 6) is 1.26. The van der Waals surface area contributed by atoms with Crippen LogP contribution >= 0.6 is 0 Å². The molecule has 0 aromatic heterocycles. The van der Waals surface area contributed by atoms with Crippen LogP contribution in [0.2, 0.25) is 0 Å². The van der Waals surface area contributed by atoms with Gasteiger partial charge in [0.1, 0.15) is 5.75 Å². The Hall–Kier alpha value is -2.49. The molecule has 4 heteroatoms. The van der Waals surface area contributed by atoms with Crippen LogP contribution in [0.4, 0.5) is 5.69 Å². The lowest BCUT2D eigenvalue weighted by atomic mass is 10.0. The van der Waals surface area contributed by atoms with Crippen molar-refractivity contribution in [2.45, 2.75) is 32.2 Å². The fourth-order valence-corrected chi connectivity index (χ4v) is 3.07. The first-order valence-electron chi connectivity index (χ1n) is 8.94. The van der Waals surface area contributed by atoms with Crippen LogP contribution in [0.1, 0.15) is 31.7 Å². The summed E-state index contributed by atoms with van der Waals surface area (Å²) in [6.45, 7) is 5.89. The standard InChI is InChI=1S/C21H26N2O2/c1-16(2)17-7-6-10-20(13-17)25-15-21(24)23-12-11-19(14-23)22-18-8-4-3-5-9-18/h3-10,13,16,19,22H,11-12,14-15H2,1-2H3. The van der Waals surface area contributed by atoms with E-state index in [-0.39, 0.29) is 12.5 Å². The molecular weight excluding hydrogens is 312 g/mol. The number of nitrogens with zero attached hydrogens (tertiary/aromatic N) is 1. The molecule has 0 aliphatic carbocycles. The summed E-state index contributed by atoms with van der Waals surface area (Å²) >= 11 is 0. The van der Waals surface area contributed by atoms with Gasteiger partial charge in [-0.1, -0.05) is 44.2 Å². The molecule has 0 bridgehead atoms. The summed E-state index contributed by atoms with van der Waals surface area (Å²) in [6, 6.07) is 18.4. The van der Waals surface area contributed by atoms with Crippen molar-refractivity contribution in [2.24, 2.45) is 0 Å². The highest BCUT2D eigenvalue weighted by atomic mass is 16.5. The first-order chi connectivity index (χ1) is 12.1. The summed E-state index contributed by atoms with van der Waals surface area (Å²) in [5.41, 5.74) is 2.32. The Balaban J connectivity index is 1.48. The summed E-state index contributed by atoms with van der Waals surface area (Å²) in [5, 5.41) is 3.48. The summed E-state index contributed by atoms with van der Waals surface area (Å²) in [6.07, 6.45) is 0.962. The number of ether oxygens (including phenoxy) is 1. The molecular formula is C21H26N2O2. The van der Waals surface area contributed by atoms with Gasteiger partial charge in [0.25, 0.3) is 5.91 Å². The maximum atomic E-state index is 12.4. The number of carbonyl (C=O) groups is 1. The summed E-state index contributed by atoms with van der Waals surface area (Å²) in [7, 11) is 0. The lowest BCUT2D eigenvalue weighted by Gasteiger charge is -2.18. The Morgan fingerprint density at radius 2 is 2.00 bits per heavy atom. The molecule has 1 aliphatic rings. The van der Waals surface area contributed by atoms with E-state index >= 15 is 0 Å². The normalized spacial score (nSPS) is 16.9. The van der Waals surface area contributed by atoms with Gasteiger partial charge in [0, 0.05) is 24.8 Å². The number of anilines is 1. The molecule has 2 aromatic rings. The fraction of sp³-hybridized carbons (Fsp3) is 0.381. The van der Waals surface area contributed by atoms with E-state index in [4.69, 9.17) is 4.74 Å². The molecule has 1 saturated heterocycles. The second-order valence-electron chi connectivity index (χ2n) is 6.85. The van der Waals surface area contributed by atoms with Crippen molar-refractivity contribution in [3.05, 3.63) is 60.2 Å². The van der Waals surface area contributed by atoms with Crippen LogP contribution in [0, 0.1) is 0 Å². The number of rotatable bonds is 6. The smallest absolute Gasteiger partial charge is 0.260 e. The van der Waals surface area contributed by atoms with Crippen molar-refractivity contribution in [1.82, 2.24) is 4.90 Å². The Labute approximate surface area is 149 Å². The maximum absolute atomic E-state index is 12.4. The molecule has 132 valence electrons. The molecule has 1 heterocycles. The Bertz CT molecular complexity index is 700. The van der Waals surface area contributed by atoms with Gasteiger partial charge in [0.05, 0.1) is 0 Å². The zero-order chi connectivity index (χ0) is 17.6. The highest BCUT2D eigenvalue weighted by Crippen LogP contribution is 2.21. The van der Waals surface area contributed by atoms with Gasteiger partial charge in [-0.15, -0.1) is 0 Å². The number of hydrogen-bond acceptors (Lipinski definition) is 3. The minimum Gasteiger partial charge on any atom is -0.484 e. The number of nitrogens with one attached hydrogen (secondary N) is 1. The third kappa shape index (κ3) is 4.75. The van der Waals surface area contributed by atoms with E-state index < -0.39 is 0 Å². The molecule has 1 aliphatic heterocycles. The van der Waals surface area contributed by atoms with Crippen molar-refractivity contribution in [2.75, 3.05) is 25.0 Å². The number of amides is 1. The SMILES string of the molecule is CC(C)c1cccc(OCC(=O)N2CCC(Nc3ccccc3)C2)c1. The predicted octanol–water partition coefficient (Wildman–Crippen LogP) is 3.90. The Kier molecular flexibility index (Phi) is 5.59. The third-order valence-electron chi connectivity index (χ3n) is 4.57. The van der Waals surface area contributed by atoms with E-state index in [0.29, 0.717) is 12.0 Å². The van der Waals surface area contributed by atoms with E-state index in [9.17, 15) is 4.79 Å². The molecule has 2 aromatic carbocycles. The van der Waals surface area contributed by atoms with Crippen LogP contribution in [-0.2, 0) is 4.79 Å². The average Bonchev–Trinajstić information content (AvgIpc) is 3.09. The predicted molar refractivity (Wildman–Crippen MR) is 101 cm³/mol. The first-order valence-corrected chi connectivity index (χ1v) is 8.94. The van der Waals surface area contributed by atoms with Crippen molar-refractivity contribution in [3.8, 4) is 5.75 Å². The molecule has 1 atom stereocenters. The Morgan fingerprint density at radius 3 is 2.76 bits per heavy atom. The van der Waals surface area contributed by atoms with Gasteiger partial charge >= 0.3 is 0 Å². The van der Waals surface area contributed by atoms with E-state index in [1.54, 1.807) is 0 Å². The molecule has 4 nitrogen and oxygen atoms in total. The molecule has 1 fully saturated rings. The number of benzene rings is 2. The number of para-hydroxylation sites is 1. The number of likely N-dealkylation sites (tertiary alicyclic amines) is 1. The highest BCUT2D eigenvalue weighted by Gasteiger charge is 2.26. The molecule has 25 heavy (non-hydrogen) atoms. The molecule has 0 saturated carbocycles. The zero-order valence-corrected chi connectivity index (χ0v) is 14.9. The van der Waals surface area contributed by atoms with Crippen LogP contribution in [0.5, 0.6) is 5.75 Å². The van der Waals surface area contributed by atoms with Gasteiger partial charge in [0.15, 0.2) is 6.61 Å². The van der Waals surface area contributed by atoms with Crippen molar-refractivity contribution in [3.63, 3.8) is 0 Å². The van der Waals surface area contributed by atoms with Crippen LogP contribution < -0.4 is 10.1 Å². The van der Waals surface area contributed by atoms with Gasteiger partial charge in [0.2, 0.25) is 0 Å². The molecule has 1 N–H and O–H groups in total. The maximum Gasteiger partial charge on any atom is 0.260 e. The van der Waals surface area contributed by atoms with E-state index in [1.807, 2.05) is 41.3 Å². The fourth-order valence-electron chi connectivity index (χ4n) is 3.07. The second-order valence-corrected chi connectivity index (χ2v) is 6.85. The Morgan fingerprint density at radius 1 is 1.20 bits per heavy atom. The molecule has 3 rings (SSSR count). The summed E-state index contributed by atoms with van der Waals surface area (Å²) in [4.78, 5) is 14.3. The van der Waals surface area contributed by atoms with Gasteiger partial charge < -0.3 is 15.0 Å². The molecule has 0 spiro atoms. The average molecular weight is 338 g/mol. The summed E-state index contributed by atoms with van der Waals surface area (Å²) < 4.78 is 5.71. The van der Waals surface area contributed by atoms with Crippen LogP contribution in [0.3, 0.4) is 0 Å². The van der Waals surface area contributed by atoms with Gasteiger partial charge in [-0.05, 0) is 42.2 Å². The first kappa shape index (κ1) is 17.3. The van der Waals surface area contributed by atoms with Gasteiger partial charge in [-0.2, -0.15) is 0 Å². The van der Waals surface area contributed by atoms with Crippen LogP contribution in [-0.4, -0.2) is 36.5 Å². The zero-order valence-electron chi connectivity index (χ0n) is 14.9. The van der Waals surface area contributed by atoms with E-state index in [2.05, 4.69) is 37.4 Å². The van der Waals surface area contributed by atoms with Crippen LogP contribution in [0.25, 0.3) is 0 Å². The van der Waals surface area contributed by atoms with Crippen molar-refractivity contribution >= 4 is 11.6 Å². The third-order valence-corrected chi connectivity index (χ3v) is 4.57. The lowest BCUT2D eigenvalue weighted by molar-refractivity contribution is -0.132. The number of hydrogen-bond donors (Lipinski definition) is 1. The molecule has 1 unspecified atom stereocenters. The quantitative estimate of drug-likeness (QED) is 0.868. The van der Waals surface area contributed by atoms with E-state index in [0.717, 1.165) is 30.9 Å². The molecule has 1 amide bonds. The monoisotopic (exact) mass is 338 g/mol. The number of carbonyl (C=O) groups excluding carboxylic acids is 1. The van der Waals surface area contributed by atoms with Crippen molar-refractivity contribution in [1.29, 1.82) is 0 Å². The topological polar surface area (TPSA) is 41.6 Å². The highest BCUT2D eigenvalue weighted by molar-refractivity contribution is 5.78. The minimum atomic E-state index is 0.0484. The van der Waals surface area contributed by atoms with Gasteiger partial charge in [-0.3, -0.25) is 4.79 Å².